The molecule has 3 nitrogen and oxygen atoms in total. The van der Waals surface area contributed by atoms with Crippen molar-refractivity contribution in [2.45, 2.75) is 6.61 Å². The molecule has 0 amide bonds. The average molecular weight is 250 g/mol. The van der Waals surface area contributed by atoms with Gasteiger partial charge in [0.05, 0.1) is 0 Å². The topological polar surface area (TPSA) is 35.3 Å². The summed E-state index contributed by atoms with van der Waals surface area (Å²) in [6.45, 7) is 0.365. The monoisotopic (exact) mass is 250 g/mol. The first-order chi connectivity index (χ1) is 9.42. The van der Waals surface area contributed by atoms with Gasteiger partial charge in [0.25, 0.3) is 0 Å². The normalized spacial score (nSPS) is 10.3. The molecule has 0 bridgehead atoms. The van der Waals surface area contributed by atoms with E-state index in [4.69, 9.17) is 9.26 Å². The number of rotatable bonds is 4. The van der Waals surface area contributed by atoms with E-state index in [0.717, 1.165) is 17.0 Å². The maximum atomic E-state index is 5.59. The van der Waals surface area contributed by atoms with Crippen molar-refractivity contribution in [3.8, 4) is 17.0 Å². The number of aromatic nitrogens is 1. The standard InChI is InChI=1S/C16H12NO2/c1-3-7-13(8-4-1)16-11-15(19-17-16)12-18-14-9-5-2-6-10-14/h1,3-11H,12H2. The summed E-state index contributed by atoms with van der Waals surface area (Å²) in [5.74, 6) is 1.49. The van der Waals surface area contributed by atoms with E-state index < -0.39 is 0 Å². The molecule has 0 aliphatic rings. The van der Waals surface area contributed by atoms with E-state index in [0.29, 0.717) is 12.4 Å². The van der Waals surface area contributed by atoms with Gasteiger partial charge >= 0.3 is 0 Å². The van der Waals surface area contributed by atoms with Crippen molar-refractivity contribution in [2.24, 2.45) is 0 Å². The van der Waals surface area contributed by atoms with Gasteiger partial charge in [-0.25, -0.2) is 0 Å². The molecule has 3 aromatic rings. The summed E-state index contributed by atoms with van der Waals surface area (Å²) in [5, 5.41) is 4.04. The van der Waals surface area contributed by atoms with Crippen LogP contribution < -0.4 is 4.74 Å². The summed E-state index contributed by atoms with van der Waals surface area (Å²) >= 11 is 0. The first-order valence-corrected chi connectivity index (χ1v) is 6.02. The van der Waals surface area contributed by atoms with Gasteiger partial charge in [0, 0.05) is 11.6 Å². The van der Waals surface area contributed by atoms with Crippen LogP contribution in [0.15, 0.2) is 65.2 Å². The number of hydrogen-bond acceptors (Lipinski definition) is 3. The van der Waals surface area contributed by atoms with Crippen molar-refractivity contribution in [2.75, 3.05) is 0 Å². The molecule has 0 aliphatic heterocycles. The second kappa shape index (κ2) is 5.40. The Balaban J connectivity index is 1.69. The zero-order chi connectivity index (χ0) is 12.9. The maximum absolute atomic E-state index is 5.59. The Labute approximate surface area is 111 Å². The Morgan fingerprint density at radius 1 is 1.05 bits per heavy atom. The van der Waals surface area contributed by atoms with Crippen molar-refractivity contribution in [3.05, 3.63) is 72.5 Å². The summed E-state index contributed by atoms with van der Waals surface area (Å²) in [6.07, 6.45) is 0. The molecular formula is C16H12NO2. The van der Waals surface area contributed by atoms with E-state index in [2.05, 4.69) is 11.2 Å². The minimum atomic E-state index is 0.365. The van der Waals surface area contributed by atoms with E-state index in [1.165, 1.54) is 0 Å². The van der Waals surface area contributed by atoms with Crippen LogP contribution in [0, 0.1) is 6.07 Å². The molecule has 0 atom stereocenters. The predicted octanol–water partition coefficient (Wildman–Crippen LogP) is 3.72. The smallest absolute Gasteiger partial charge is 0.174 e. The minimum absolute atomic E-state index is 0.365. The first-order valence-electron chi connectivity index (χ1n) is 6.02. The lowest BCUT2D eigenvalue weighted by Crippen LogP contribution is -1.92. The summed E-state index contributed by atoms with van der Waals surface area (Å²) in [5.41, 5.74) is 1.85. The summed E-state index contributed by atoms with van der Waals surface area (Å²) in [7, 11) is 0. The molecule has 3 rings (SSSR count). The SMILES string of the molecule is [c]1ccc(OCc2cc(-c3ccccc3)no2)cc1. The highest BCUT2D eigenvalue weighted by Crippen LogP contribution is 2.19. The number of ether oxygens (including phenoxy) is 1. The minimum Gasteiger partial charge on any atom is -0.486 e. The molecule has 1 aromatic heterocycles. The van der Waals surface area contributed by atoms with Crippen molar-refractivity contribution < 1.29 is 9.26 Å². The fraction of sp³-hybridized carbons (Fsp3) is 0.0625. The Morgan fingerprint density at radius 2 is 1.84 bits per heavy atom. The quantitative estimate of drug-likeness (QED) is 0.707. The van der Waals surface area contributed by atoms with Gasteiger partial charge in [0.2, 0.25) is 0 Å². The summed E-state index contributed by atoms with van der Waals surface area (Å²) in [6, 6.07) is 22.1. The van der Waals surface area contributed by atoms with Crippen LogP contribution in [0.3, 0.4) is 0 Å². The predicted molar refractivity (Wildman–Crippen MR) is 71.5 cm³/mol. The molecule has 1 radical (unpaired) electrons. The molecule has 0 spiro atoms. The number of benzene rings is 2. The van der Waals surface area contributed by atoms with Gasteiger partial charge < -0.3 is 9.26 Å². The highest BCUT2D eigenvalue weighted by Gasteiger charge is 2.06. The van der Waals surface area contributed by atoms with Crippen LogP contribution in [-0.4, -0.2) is 5.16 Å². The summed E-state index contributed by atoms with van der Waals surface area (Å²) in [4.78, 5) is 0. The maximum Gasteiger partial charge on any atom is 0.174 e. The Hall–Kier alpha value is -2.55. The third-order valence-corrected chi connectivity index (χ3v) is 2.70. The highest BCUT2D eigenvalue weighted by molar-refractivity contribution is 5.58. The molecule has 19 heavy (non-hydrogen) atoms. The van der Waals surface area contributed by atoms with Crippen LogP contribution in [0.25, 0.3) is 11.3 Å². The molecule has 0 aliphatic carbocycles. The van der Waals surface area contributed by atoms with Crippen molar-refractivity contribution in [1.82, 2.24) is 5.16 Å². The number of nitrogens with zero attached hydrogens (tertiary/aromatic N) is 1. The van der Waals surface area contributed by atoms with E-state index in [-0.39, 0.29) is 0 Å². The Morgan fingerprint density at radius 3 is 2.63 bits per heavy atom. The lowest BCUT2D eigenvalue weighted by atomic mass is 10.1. The molecular weight excluding hydrogens is 238 g/mol. The molecule has 0 saturated carbocycles. The molecule has 93 valence electrons. The molecule has 1 heterocycles. The molecule has 0 fully saturated rings. The zero-order valence-corrected chi connectivity index (χ0v) is 10.2. The highest BCUT2D eigenvalue weighted by atomic mass is 16.5. The van der Waals surface area contributed by atoms with Gasteiger partial charge in [-0.15, -0.1) is 0 Å². The average Bonchev–Trinajstić information content (AvgIpc) is 2.96. The third kappa shape index (κ3) is 2.83. The van der Waals surface area contributed by atoms with Crippen LogP contribution in [0.4, 0.5) is 0 Å². The Kier molecular flexibility index (Phi) is 3.28. The van der Waals surface area contributed by atoms with Crippen molar-refractivity contribution in [1.29, 1.82) is 0 Å². The van der Waals surface area contributed by atoms with E-state index in [1.807, 2.05) is 60.7 Å². The van der Waals surface area contributed by atoms with Crippen molar-refractivity contribution in [3.63, 3.8) is 0 Å². The molecule has 0 N–H and O–H groups in total. The van der Waals surface area contributed by atoms with Gasteiger partial charge in [-0.2, -0.15) is 0 Å². The second-order valence-corrected chi connectivity index (χ2v) is 4.07. The van der Waals surface area contributed by atoms with Crippen LogP contribution in [0.1, 0.15) is 5.76 Å². The fourth-order valence-corrected chi connectivity index (χ4v) is 1.75. The van der Waals surface area contributed by atoms with Crippen LogP contribution in [-0.2, 0) is 6.61 Å². The van der Waals surface area contributed by atoms with E-state index in [9.17, 15) is 0 Å². The van der Waals surface area contributed by atoms with Gasteiger partial charge in [0.15, 0.2) is 5.76 Å². The van der Waals surface area contributed by atoms with Gasteiger partial charge in [-0.3, -0.25) is 0 Å². The summed E-state index contributed by atoms with van der Waals surface area (Å²) < 4.78 is 10.8. The van der Waals surface area contributed by atoms with Gasteiger partial charge in [-0.1, -0.05) is 47.6 Å². The Bertz CT molecular complexity index is 632. The largest absolute Gasteiger partial charge is 0.486 e. The molecule has 0 unspecified atom stereocenters. The molecule has 2 aromatic carbocycles. The molecule has 3 heteroatoms. The number of hydrogen-bond donors (Lipinski definition) is 0. The zero-order valence-electron chi connectivity index (χ0n) is 10.2. The lowest BCUT2D eigenvalue weighted by molar-refractivity contribution is 0.249. The van der Waals surface area contributed by atoms with E-state index in [1.54, 1.807) is 0 Å². The second-order valence-electron chi connectivity index (χ2n) is 4.07. The van der Waals surface area contributed by atoms with Crippen molar-refractivity contribution >= 4 is 0 Å². The van der Waals surface area contributed by atoms with Crippen LogP contribution in [0.5, 0.6) is 5.75 Å². The van der Waals surface area contributed by atoms with E-state index >= 15 is 0 Å². The lowest BCUT2D eigenvalue weighted by Gasteiger charge is -2.01. The van der Waals surface area contributed by atoms with Gasteiger partial charge in [-0.05, 0) is 18.2 Å². The van der Waals surface area contributed by atoms with Crippen LogP contribution in [0.2, 0.25) is 0 Å². The van der Waals surface area contributed by atoms with Gasteiger partial charge in [0.1, 0.15) is 18.1 Å². The molecule has 0 saturated heterocycles. The van der Waals surface area contributed by atoms with Crippen LogP contribution >= 0.6 is 0 Å². The third-order valence-electron chi connectivity index (χ3n) is 2.70. The fourth-order valence-electron chi connectivity index (χ4n) is 1.75. The first kappa shape index (κ1) is 11.5.